The summed E-state index contributed by atoms with van der Waals surface area (Å²) in [5.74, 6) is 0.637. The predicted octanol–water partition coefficient (Wildman–Crippen LogP) is 4.14. The highest BCUT2D eigenvalue weighted by Gasteiger charge is 2.21. The standard InChI is InChI=1S/C19H16N2O2/c1-13(18-11-16-5-3-4-6-17(16)23-18)21(2)19(22)15-9-7-14(12-20)8-10-15/h3-11,13H,1-2H3/t13-/m0/s1. The molecule has 3 aromatic rings. The third-order valence-corrected chi connectivity index (χ3v) is 4.02. The molecule has 1 atom stereocenters. The molecule has 23 heavy (non-hydrogen) atoms. The van der Waals surface area contributed by atoms with Crippen LogP contribution in [0.15, 0.2) is 59.0 Å². The van der Waals surface area contributed by atoms with Gasteiger partial charge in [0.1, 0.15) is 11.3 Å². The van der Waals surface area contributed by atoms with Gasteiger partial charge in [-0.05, 0) is 43.3 Å². The monoisotopic (exact) mass is 304 g/mol. The second-order valence-corrected chi connectivity index (χ2v) is 5.47. The van der Waals surface area contributed by atoms with Crippen molar-refractivity contribution in [3.8, 4) is 6.07 Å². The zero-order valence-electron chi connectivity index (χ0n) is 13.0. The van der Waals surface area contributed by atoms with E-state index >= 15 is 0 Å². The van der Waals surface area contributed by atoms with Gasteiger partial charge in [0.25, 0.3) is 5.91 Å². The number of rotatable bonds is 3. The number of fused-ring (bicyclic) bond motifs is 1. The van der Waals surface area contributed by atoms with E-state index < -0.39 is 0 Å². The molecule has 0 bridgehead atoms. The first kappa shape index (κ1) is 14.9. The number of carbonyl (C=O) groups excluding carboxylic acids is 1. The molecule has 2 aromatic carbocycles. The summed E-state index contributed by atoms with van der Waals surface area (Å²) >= 11 is 0. The van der Waals surface area contributed by atoms with Gasteiger partial charge in [-0.2, -0.15) is 5.26 Å². The number of amides is 1. The minimum Gasteiger partial charge on any atom is -0.459 e. The van der Waals surface area contributed by atoms with E-state index in [1.54, 1.807) is 36.2 Å². The number of hydrogen-bond acceptors (Lipinski definition) is 3. The van der Waals surface area contributed by atoms with Crippen molar-refractivity contribution in [1.82, 2.24) is 4.90 Å². The van der Waals surface area contributed by atoms with Crippen LogP contribution >= 0.6 is 0 Å². The minimum atomic E-state index is -0.189. The summed E-state index contributed by atoms with van der Waals surface area (Å²) in [4.78, 5) is 14.2. The van der Waals surface area contributed by atoms with Crippen LogP contribution in [-0.4, -0.2) is 17.9 Å². The molecule has 0 saturated heterocycles. The highest BCUT2D eigenvalue weighted by molar-refractivity contribution is 5.94. The second-order valence-electron chi connectivity index (χ2n) is 5.47. The first-order chi connectivity index (χ1) is 11.1. The highest BCUT2D eigenvalue weighted by atomic mass is 16.3. The quantitative estimate of drug-likeness (QED) is 0.730. The SMILES string of the molecule is C[C@@H](c1cc2ccccc2o1)N(C)C(=O)c1ccc(C#N)cc1. The third-order valence-electron chi connectivity index (χ3n) is 4.02. The normalized spacial score (nSPS) is 11.9. The number of benzene rings is 2. The number of hydrogen-bond donors (Lipinski definition) is 0. The van der Waals surface area contributed by atoms with Crippen LogP contribution in [0.5, 0.6) is 0 Å². The molecular formula is C19H16N2O2. The van der Waals surface area contributed by atoms with Crippen LogP contribution in [-0.2, 0) is 0 Å². The van der Waals surface area contributed by atoms with Gasteiger partial charge < -0.3 is 9.32 Å². The highest BCUT2D eigenvalue weighted by Crippen LogP contribution is 2.27. The van der Waals surface area contributed by atoms with Crippen molar-refractivity contribution in [1.29, 1.82) is 5.26 Å². The minimum absolute atomic E-state index is 0.109. The van der Waals surface area contributed by atoms with Gasteiger partial charge >= 0.3 is 0 Å². The maximum absolute atomic E-state index is 12.6. The lowest BCUT2D eigenvalue weighted by Crippen LogP contribution is -2.29. The van der Waals surface area contributed by atoms with Crippen LogP contribution in [0.2, 0.25) is 0 Å². The van der Waals surface area contributed by atoms with E-state index in [0.717, 1.165) is 16.7 Å². The van der Waals surface area contributed by atoms with E-state index in [-0.39, 0.29) is 11.9 Å². The first-order valence-corrected chi connectivity index (χ1v) is 7.36. The Morgan fingerprint density at radius 1 is 1.17 bits per heavy atom. The number of furan rings is 1. The van der Waals surface area contributed by atoms with Gasteiger partial charge in [0.05, 0.1) is 17.7 Å². The fourth-order valence-corrected chi connectivity index (χ4v) is 2.47. The third kappa shape index (κ3) is 2.82. The van der Waals surface area contributed by atoms with E-state index in [2.05, 4.69) is 0 Å². The van der Waals surface area contributed by atoms with Crippen molar-refractivity contribution < 1.29 is 9.21 Å². The summed E-state index contributed by atoms with van der Waals surface area (Å²) in [6.07, 6.45) is 0. The van der Waals surface area contributed by atoms with Gasteiger partial charge in [-0.1, -0.05) is 18.2 Å². The molecular weight excluding hydrogens is 288 g/mol. The van der Waals surface area contributed by atoms with E-state index in [4.69, 9.17) is 9.68 Å². The van der Waals surface area contributed by atoms with Crippen molar-refractivity contribution in [2.45, 2.75) is 13.0 Å². The van der Waals surface area contributed by atoms with Crippen LogP contribution < -0.4 is 0 Å². The van der Waals surface area contributed by atoms with Gasteiger partial charge in [-0.15, -0.1) is 0 Å². The van der Waals surface area contributed by atoms with Crippen LogP contribution in [0.3, 0.4) is 0 Å². The van der Waals surface area contributed by atoms with Gasteiger partial charge in [-0.25, -0.2) is 0 Å². The Balaban J connectivity index is 1.84. The van der Waals surface area contributed by atoms with Crippen LogP contribution in [0.25, 0.3) is 11.0 Å². The molecule has 1 amide bonds. The average molecular weight is 304 g/mol. The Labute approximate surface area is 134 Å². The fraction of sp³-hybridized carbons (Fsp3) is 0.158. The van der Waals surface area contributed by atoms with Gasteiger partial charge in [0.2, 0.25) is 0 Å². The fourth-order valence-electron chi connectivity index (χ4n) is 2.47. The summed E-state index contributed by atoms with van der Waals surface area (Å²) in [6, 6.07) is 18.2. The molecule has 1 aromatic heterocycles. The molecule has 0 spiro atoms. The molecule has 1 heterocycles. The Morgan fingerprint density at radius 2 is 1.87 bits per heavy atom. The molecule has 0 N–H and O–H groups in total. The van der Waals surface area contributed by atoms with Gasteiger partial charge in [0, 0.05) is 18.0 Å². The Bertz CT molecular complexity index is 855. The van der Waals surface area contributed by atoms with Crippen LogP contribution in [0.1, 0.15) is 34.6 Å². The van der Waals surface area contributed by atoms with Crippen molar-refractivity contribution in [3.63, 3.8) is 0 Å². The molecule has 0 unspecified atom stereocenters. The molecule has 114 valence electrons. The van der Waals surface area contributed by atoms with Crippen molar-refractivity contribution in [3.05, 3.63) is 71.5 Å². The molecule has 0 aliphatic carbocycles. The lowest BCUT2D eigenvalue weighted by atomic mass is 10.1. The summed E-state index contributed by atoms with van der Waals surface area (Å²) in [6.45, 7) is 1.93. The number of carbonyl (C=O) groups is 1. The Kier molecular flexibility index (Phi) is 3.86. The molecule has 0 saturated carbocycles. The zero-order valence-corrected chi connectivity index (χ0v) is 13.0. The van der Waals surface area contributed by atoms with Crippen LogP contribution in [0, 0.1) is 11.3 Å². The number of nitrogens with zero attached hydrogens (tertiary/aromatic N) is 2. The largest absolute Gasteiger partial charge is 0.459 e. The lowest BCUT2D eigenvalue weighted by Gasteiger charge is -2.23. The van der Waals surface area contributed by atoms with Gasteiger partial charge in [0.15, 0.2) is 0 Å². The first-order valence-electron chi connectivity index (χ1n) is 7.36. The summed E-state index contributed by atoms with van der Waals surface area (Å²) in [7, 11) is 1.75. The van der Waals surface area contributed by atoms with Crippen molar-refractivity contribution >= 4 is 16.9 Å². The Hall–Kier alpha value is -3.06. The molecule has 3 rings (SSSR count). The molecule has 4 nitrogen and oxygen atoms in total. The van der Waals surface area contributed by atoms with Gasteiger partial charge in [-0.3, -0.25) is 4.79 Å². The lowest BCUT2D eigenvalue weighted by molar-refractivity contribution is 0.0727. The smallest absolute Gasteiger partial charge is 0.254 e. The molecule has 0 aliphatic rings. The maximum Gasteiger partial charge on any atom is 0.254 e. The maximum atomic E-state index is 12.6. The van der Waals surface area contributed by atoms with E-state index in [1.165, 1.54) is 0 Å². The summed E-state index contributed by atoms with van der Waals surface area (Å²) < 4.78 is 5.84. The molecule has 0 radical (unpaired) electrons. The zero-order chi connectivity index (χ0) is 16.4. The molecule has 0 aliphatic heterocycles. The molecule has 0 fully saturated rings. The number of nitriles is 1. The second kappa shape index (κ2) is 5.98. The Morgan fingerprint density at radius 3 is 2.52 bits per heavy atom. The molecule has 4 heteroatoms. The van der Waals surface area contributed by atoms with Crippen LogP contribution in [0.4, 0.5) is 0 Å². The van der Waals surface area contributed by atoms with Crippen molar-refractivity contribution in [2.24, 2.45) is 0 Å². The van der Waals surface area contributed by atoms with E-state index in [1.807, 2.05) is 43.3 Å². The summed E-state index contributed by atoms with van der Waals surface area (Å²) in [5, 5.41) is 9.85. The van der Waals surface area contributed by atoms with E-state index in [0.29, 0.717) is 11.1 Å². The topological polar surface area (TPSA) is 57.2 Å². The average Bonchev–Trinajstić information content (AvgIpc) is 3.04. The van der Waals surface area contributed by atoms with Crippen molar-refractivity contribution in [2.75, 3.05) is 7.05 Å². The van der Waals surface area contributed by atoms with E-state index in [9.17, 15) is 4.79 Å². The summed E-state index contributed by atoms with van der Waals surface area (Å²) in [5.41, 5.74) is 1.90. The predicted molar refractivity (Wildman–Crippen MR) is 87.9 cm³/mol. The number of para-hydroxylation sites is 1.